The summed E-state index contributed by atoms with van der Waals surface area (Å²) in [6.07, 6.45) is -5.79. The smallest absolute Gasteiger partial charge is 0.405 e. The Bertz CT molecular complexity index is 1100. The highest BCUT2D eigenvalue weighted by atomic mass is 35.5. The van der Waals surface area contributed by atoms with E-state index >= 15 is 0 Å². The van der Waals surface area contributed by atoms with Crippen molar-refractivity contribution in [1.29, 1.82) is 0 Å². The number of hydrogen-bond acceptors (Lipinski definition) is 4. The van der Waals surface area contributed by atoms with Crippen LogP contribution in [-0.4, -0.2) is 24.7 Å². The van der Waals surface area contributed by atoms with Crippen LogP contribution in [0.1, 0.15) is 6.92 Å². The number of benzene rings is 2. The first-order valence-electron chi connectivity index (χ1n) is 8.48. The van der Waals surface area contributed by atoms with Crippen LogP contribution in [0.15, 0.2) is 57.7 Å². The number of hydrogen-bond donors (Lipinski definition) is 1. The molecule has 9 heteroatoms. The first-order chi connectivity index (χ1) is 13.6. The Morgan fingerprint density at radius 3 is 2.55 bits per heavy atom. The predicted octanol–water partition coefficient (Wildman–Crippen LogP) is 4.56. The van der Waals surface area contributed by atoms with Gasteiger partial charge >= 0.3 is 11.8 Å². The summed E-state index contributed by atoms with van der Waals surface area (Å²) in [7, 11) is 0. The molecule has 1 amide bonds. The minimum absolute atomic E-state index is 0.00203. The van der Waals surface area contributed by atoms with Gasteiger partial charge in [-0.15, -0.1) is 0 Å². The Kier molecular flexibility index (Phi) is 5.83. The SMILES string of the molecule is CC(Oc1cc2oc(=O)cc(-c3ccccc3)c2cc1Cl)C(=O)NCC(F)(F)F. The van der Waals surface area contributed by atoms with Crippen molar-refractivity contribution in [3.05, 3.63) is 64.0 Å². The molecule has 3 rings (SSSR count). The van der Waals surface area contributed by atoms with Crippen molar-refractivity contribution in [3.8, 4) is 16.9 Å². The van der Waals surface area contributed by atoms with Gasteiger partial charge in [-0.1, -0.05) is 41.9 Å². The van der Waals surface area contributed by atoms with Crippen molar-refractivity contribution in [2.24, 2.45) is 0 Å². The summed E-state index contributed by atoms with van der Waals surface area (Å²) in [6, 6.07) is 13.3. The van der Waals surface area contributed by atoms with E-state index in [4.69, 9.17) is 20.8 Å². The Hall–Kier alpha value is -3.00. The quantitative estimate of drug-likeness (QED) is 0.608. The summed E-state index contributed by atoms with van der Waals surface area (Å²) in [5.74, 6) is -0.958. The lowest BCUT2D eigenvalue weighted by atomic mass is 10.0. The fourth-order valence-electron chi connectivity index (χ4n) is 2.68. The van der Waals surface area contributed by atoms with E-state index in [0.29, 0.717) is 10.9 Å². The van der Waals surface area contributed by atoms with Crippen molar-refractivity contribution < 1.29 is 27.1 Å². The van der Waals surface area contributed by atoms with Gasteiger partial charge in [0.2, 0.25) is 0 Å². The van der Waals surface area contributed by atoms with Gasteiger partial charge in [0.1, 0.15) is 17.9 Å². The zero-order valence-corrected chi connectivity index (χ0v) is 15.8. The second kappa shape index (κ2) is 8.16. The highest BCUT2D eigenvalue weighted by molar-refractivity contribution is 6.33. The number of carbonyl (C=O) groups excluding carboxylic acids is 1. The zero-order chi connectivity index (χ0) is 21.2. The molecule has 0 spiro atoms. The van der Waals surface area contributed by atoms with E-state index in [2.05, 4.69) is 0 Å². The van der Waals surface area contributed by atoms with Gasteiger partial charge in [0.25, 0.3) is 5.91 Å². The monoisotopic (exact) mass is 425 g/mol. The van der Waals surface area contributed by atoms with Crippen molar-refractivity contribution in [2.75, 3.05) is 6.54 Å². The second-order valence-corrected chi connectivity index (χ2v) is 6.62. The fourth-order valence-corrected chi connectivity index (χ4v) is 2.89. The Morgan fingerprint density at radius 2 is 1.90 bits per heavy atom. The molecule has 0 fully saturated rings. The summed E-state index contributed by atoms with van der Waals surface area (Å²) in [5.41, 5.74) is 0.940. The van der Waals surface area contributed by atoms with Gasteiger partial charge in [-0.3, -0.25) is 4.79 Å². The largest absolute Gasteiger partial charge is 0.479 e. The van der Waals surface area contributed by atoms with E-state index < -0.39 is 30.4 Å². The number of ether oxygens (including phenoxy) is 1. The number of carbonyl (C=O) groups is 1. The normalized spacial score (nSPS) is 12.6. The molecule has 1 unspecified atom stereocenters. The van der Waals surface area contributed by atoms with E-state index in [1.54, 1.807) is 5.32 Å². The molecule has 5 nitrogen and oxygen atoms in total. The van der Waals surface area contributed by atoms with Crippen molar-refractivity contribution in [1.82, 2.24) is 5.32 Å². The standard InChI is InChI=1S/C20H15ClF3NO4/c1-11(19(27)25-10-20(22,23)24)28-17-9-16-14(7-15(17)21)13(8-18(26)29-16)12-5-3-2-4-6-12/h2-9,11H,10H2,1H3,(H,25,27). The molecule has 0 aliphatic heterocycles. The lowest BCUT2D eigenvalue weighted by molar-refractivity contribution is -0.142. The molecule has 29 heavy (non-hydrogen) atoms. The number of amides is 1. The minimum Gasteiger partial charge on any atom is -0.479 e. The molecule has 152 valence electrons. The summed E-state index contributed by atoms with van der Waals surface area (Å²) < 4.78 is 47.3. The van der Waals surface area contributed by atoms with E-state index in [-0.39, 0.29) is 16.4 Å². The third-order valence-electron chi connectivity index (χ3n) is 4.02. The minimum atomic E-state index is -4.53. The van der Waals surface area contributed by atoms with Crippen LogP contribution in [-0.2, 0) is 4.79 Å². The molecule has 1 N–H and O–H groups in total. The van der Waals surface area contributed by atoms with Crippen LogP contribution >= 0.6 is 11.6 Å². The molecule has 0 aliphatic rings. The molecule has 0 saturated heterocycles. The first kappa shape index (κ1) is 20.7. The topological polar surface area (TPSA) is 68.5 Å². The molecule has 1 aromatic heterocycles. The third-order valence-corrected chi connectivity index (χ3v) is 4.31. The van der Waals surface area contributed by atoms with Crippen molar-refractivity contribution in [2.45, 2.75) is 19.2 Å². The Morgan fingerprint density at radius 1 is 1.21 bits per heavy atom. The van der Waals surface area contributed by atoms with Crippen molar-refractivity contribution >= 4 is 28.5 Å². The van der Waals surface area contributed by atoms with Gasteiger partial charge < -0.3 is 14.5 Å². The third kappa shape index (κ3) is 5.08. The van der Waals surface area contributed by atoms with Crippen LogP contribution in [0.5, 0.6) is 5.75 Å². The van der Waals surface area contributed by atoms with Crippen LogP contribution in [0, 0.1) is 0 Å². The summed E-state index contributed by atoms with van der Waals surface area (Å²) in [4.78, 5) is 23.8. The average Bonchev–Trinajstić information content (AvgIpc) is 2.66. The van der Waals surface area contributed by atoms with Crippen LogP contribution < -0.4 is 15.7 Å². The van der Waals surface area contributed by atoms with Crippen LogP contribution in [0.4, 0.5) is 13.2 Å². The molecule has 0 aliphatic carbocycles. The average molecular weight is 426 g/mol. The Balaban J connectivity index is 1.92. The molecule has 1 heterocycles. The summed E-state index contributed by atoms with van der Waals surface area (Å²) in [6.45, 7) is -0.191. The second-order valence-electron chi connectivity index (χ2n) is 6.22. The Labute approximate surface area is 168 Å². The highest BCUT2D eigenvalue weighted by Gasteiger charge is 2.29. The lowest BCUT2D eigenvalue weighted by Crippen LogP contribution is -2.41. The summed E-state index contributed by atoms with van der Waals surface area (Å²) >= 11 is 6.24. The van der Waals surface area contributed by atoms with Crippen LogP contribution in [0.2, 0.25) is 5.02 Å². The zero-order valence-electron chi connectivity index (χ0n) is 15.0. The molecule has 2 aromatic carbocycles. The van der Waals surface area contributed by atoms with Crippen LogP contribution in [0.25, 0.3) is 22.1 Å². The van der Waals surface area contributed by atoms with Gasteiger partial charge in [-0.2, -0.15) is 13.2 Å². The molecular weight excluding hydrogens is 411 g/mol. The maximum atomic E-state index is 12.2. The molecule has 1 atom stereocenters. The van der Waals surface area contributed by atoms with E-state index in [1.165, 1.54) is 25.1 Å². The lowest BCUT2D eigenvalue weighted by Gasteiger charge is -2.17. The highest BCUT2D eigenvalue weighted by Crippen LogP contribution is 2.35. The van der Waals surface area contributed by atoms with Gasteiger partial charge in [0.05, 0.1) is 5.02 Å². The van der Waals surface area contributed by atoms with Gasteiger partial charge in [0, 0.05) is 17.5 Å². The molecule has 0 saturated carbocycles. The fraction of sp³-hybridized carbons (Fsp3) is 0.200. The van der Waals surface area contributed by atoms with E-state index in [1.807, 2.05) is 30.3 Å². The first-order valence-corrected chi connectivity index (χ1v) is 8.86. The molecule has 0 bridgehead atoms. The van der Waals surface area contributed by atoms with E-state index in [9.17, 15) is 22.8 Å². The van der Waals surface area contributed by atoms with Gasteiger partial charge in [-0.25, -0.2) is 4.79 Å². The number of alkyl halides is 3. The number of fused-ring (bicyclic) bond motifs is 1. The van der Waals surface area contributed by atoms with Gasteiger partial charge in [-0.05, 0) is 24.1 Å². The number of halogens is 4. The van der Waals surface area contributed by atoms with Crippen molar-refractivity contribution in [3.63, 3.8) is 0 Å². The number of nitrogens with one attached hydrogen (secondary N) is 1. The number of rotatable bonds is 5. The van der Waals surface area contributed by atoms with Crippen LogP contribution in [0.3, 0.4) is 0 Å². The van der Waals surface area contributed by atoms with Gasteiger partial charge in [0.15, 0.2) is 6.10 Å². The summed E-state index contributed by atoms with van der Waals surface area (Å²) in [5, 5.41) is 2.39. The molecular formula is C20H15ClF3NO4. The maximum absolute atomic E-state index is 12.2. The predicted molar refractivity (Wildman–Crippen MR) is 102 cm³/mol. The molecule has 0 radical (unpaired) electrons. The molecule has 3 aromatic rings. The van der Waals surface area contributed by atoms with E-state index in [0.717, 1.165) is 5.56 Å². The maximum Gasteiger partial charge on any atom is 0.405 e.